The molecule has 7 heteroatoms. The zero-order valence-electron chi connectivity index (χ0n) is 17.7. The van der Waals surface area contributed by atoms with Gasteiger partial charge < -0.3 is 18.9 Å². The molecule has 1 amide bonds. The van der Waals surface area contributed by atoms with Crippen LogP contribution < -0.4 is 9.64 Å². The molecule has 0 saturated carbocycles. The zero-order valence-corrected chi connectivity index (χ0v) is 18.5. The van der Waals surface area contributed by atoms with Gasteiger partial charge in [-0.1, -0.05) is 41.9 Å². The molecule has 5 rings (SSSR count). The Bertz CT molecular complexity index is 1280. The average molecular weight is 447 g/mol. The minimum absolute atomic E-state index is 0.0485. The first-order valence-electron chi connectivity index (χ1n) is 10.5. The van der Waals surface area contributed by atoms with E-state index in [4.69, 9.17) is 16.3 Å². The molecule has 32 heavy (non-hydrogen) atoms. The van der Waals surface area contributed by atoms with Gasteiger partial charge in [-0.2, -0.15) is 0 Å². The molecule has 162 valence electrons. The molecule has 6 nitrogen and oxygen atoms in total. The van der Waals surface area contributed by atoms with E-state index >= 15 is 0 Å². The van der Waals surface area contributed by atoms with Gasteiger partial charge in [-0.15, -0.1) is 0 Å². The number of aromatic nitrogens is 2. The first kappa shape index (κ1) is 20.4. The number of anilines is 1. The van der Waals surface area contributed by atoms with E-state index in [2.05, 4.69) is 16.0 Å². The minimum Gasteiger partial charge on any atom is -0.495 e. The third-order valence-electron chi connectivity index (χ3n) is 5.85. The highest BCUT2D eigenvalue weighted by Crippen LogP contribution is 2.29. The second-order valence-electron chi connectivity index (χ2n) is 7.74. The lowest BCUT2D eigenvalue weighted by Gasteiger charge is -2.36. The van der Waals surface area contributed by atoms with E-state index in [0.29, 0.717) is 23.8 Å². The molecule has 1 saturated heterocycles. The van der Waals surface area contributed by atoms with Gasteiger partial charge in [-0.05, 0) is 35.9 Å². The maximum atomic E-state index is 13.1. The van der Waals surface area contributed by atoms with Crippen molar-refractivity contribution in [3.05, 3.63) is 83.8 Å². The maximum Gasteiger partial charge on any atom is 0.274 e. The number of halogens is 1. The summed E-state index contributed by atoms with van der Waals surface area (Å²) in [7, 11) is 1.68. The summed E-state index contributed by atoms with van der Waals surface area (Å²) in [5.41, 5.74) is 4.17. The minimum atomic E-state index is -0.0485. The number of nitrogens with zero attached hydrogens (tertiary/aromatic N) is 4. The van der Waals surface area contributed by atoms with Crippen molar-refractivity contribution in [2.24, 2.45) is 0 Å². The molecular formula is C25H23ClN4O2. The van der Waals surface area contributed by atoms with Gasteiger partial charge in [0.25, 0.3) is 5.91 Å². The predicted octanol–water partition coefficient (Wildman–Crippen LogP) is 4.63. The van der Waals surface area contributed by atoms with E-state index in [0.717, 1.165) is 41.3 Å². The van der Waals surface area contributed by atoms with Crippen LogP contribution in [-0.2, 0) is 0 Å². The largest absolute Gasteiger partial charge is 0.495 e. The molecule has 0 bridgehead atoms. The molecule has 0 atom stereocenters. The fourth-order valence-electron chi connectivity index (χ4n) is 4.15. The average Bonchev–Trinajstić information content (AvgIpc) is 3.27. The third-order valence-corrected chi connectivity index (χ3v) is 6.18. The Morgan fingerprint density at radius 2 is 1.69 bits per heavy atom. The van der Waals surface area contributed by atoms with Gasteiger partial charge in [0.2, 0.25) is 0 Å². The van der Waals surface area contributed by atoms with Crippen LogP contribution >= 0.6 is 11.6 Å². The number of piperazine rings is 1. The molecule has 1 fully saturated rings. The highest BCUT2D eigenvalue weighted by molar-refractivity contribution is 6.33. The van der Waals surface area contributed by atoms with Gasteiger partial charge in [-0.25, -0.2) is 4.98 Å². The molecule has 0 unspecified atom stereocenters. The summed E-state index contributed by atoms with van der Waals surface area (Å²) in [4.78, 5) is 21.8. The third kappa shape index (κ3) is 3.78. The number of hydrogen-bond donors (Lipinski definition) is 0. The van der Waals surface area contributed by atoms with Crippen molar-refractivity contribution in [3.8, 4) is 16.9 Å². The molecule has 0 N–H and O–H groups in total. The fraction of sp³-hybridized carbons (Fsp3) is 0.200. The molecule has 1 aliphatic heterocycles. The van der Waals surface area contributed by atoms with Gasteiger partial charge in [0, 0.05) is 49.2 Å². The van der Waals surface area contributed by atoms with Gasteiger partial charge in [0.05, 0.1) is 12.8 Å². The summed E-state index contributed by atoms with van der Waals surface area (Å²) >= 11 is 6.34. The number of amides is 1. The highest BCUT2D eigenvalue weighted by atomic mass is 35.5. The van der Waals surface area contributed by atoms with E-state index in [9.17, 15) is 4.79 Å². The number of carbonyl (C=O) groups excluding carboxylic acids is 1. The van der Waals surface area contributed by atoms with Crippen LogP contribution in [0.15, 0.2) is 73.1 Å². The smallest absolute Gasteiger partial charge is 0.274 e. The van der Waals surface area contributed by atoms with Crippen molar-refractivity contribution in [3.63, 3.8) is 0 Å². The van der Waals surface area contributed by atoms with E-state index in [1.807, 2.05) is 70.1 Å². The van der Waals surface area contributed by atoms with E-state index in [-0.39, 0.29) is 5.91 Å². The monoisotopic (exact) mass is 446 g/mol. The molecule has 1 aliphatic rings. The Morgan fingerprint density at radius 1 is 0.938 bits per heavy atom. The number of fused-ring (bicyclic) bond motifs is 1. The maximum absolute atomic E-state index is 13.1. The van der Waals surface area contributed by atoms with Crippen LogP contribution in [0.1, 0.15) is 10.5 Å². The normalized spacial score (nSPS) is 14.1. The molecule has 2 aromatic carbocycles. The number of methoxy groups -OCH3 is 1. The first-order valence-corrected chi connectivity index (χ1v) is 10.9. The number of hydrogen-bond acceptors (Lipinski definition) is 4. The molecule has 2 aromatic heterocycles. The Morgan fingerprint density at radius 3 is 2.47 bits per heavy atom. The fourth-order valence-corrected chi connectivity index (χ4v) is 4.40. The van der Waals surface area contributed by atoms with Gasteiger partial charge in [0.15, 0.2) is 0 Å². The number of carbonyl (C=O) groups is 1. The van der Waals surface area contributed by atoms with Crippen LogP contribution in [0.25, 0.3) is 16.8 Å². The Labute approximate surface area is 191 Å². The summed E-state index contributed by atoms with van der Waals surface area (Å²) < 4.78 is 7.37. The molecule has 3 heterocycles. The summed E-state index contributed by atoms with van der Waals surface area (Å²) in [5.74, 6) is 0.801. The second-order valence-corrected chi connectivity index (χ2v) is 8.15. The molecule has 4 aromatic rings. The van der Waals surface area contributed by atoms with Crippen LogP contribution in [-0.4, -0.2) is 53.5 Å². The standard InChI is InChI=1S/C25H23ClN4O2/c1-32-23-9-5-4-8-22(23)28-12-14-29(15-13-28)25(31)21-17-30-16-18(10-11-24(30)27-21)19-6-2-3-7-20(19)26/h2-11,16-17H,12-15H2,1H3. The number of pyridine rings is 1. The lowest BCUT2D eigenvalue weighted by Crippen LogP contribution is -2.49. The van der Waals surface area contributed by atoms with Gasteiger partial charge in [0.1, 0.15) is 17.1 Å². The number of para-hydroxylation sites is 2. The van der Waals surface area contributed by atoms with E-state index in [1.54, 1.807) is 13.3 Å². The number of ether oxygens (including phenoxy) is 1. The van der Waals surface area contributed by atoms with Crippen molar-refractivity contribution < 1.29 is 9.53 Å². The number of benzene rings is 2. The Kier molecular flexibility index (Phi) is 5.45. The van der Waals surface area contributed by atoms with E-state index < -0.39 is 0 Å². The highest BCUT2D eigenvalue weighted by Gasteiger charge is 2.25. The van der Waals surface area contributed by atoms with Crippen molar-refractivity contribution in [1.29, 1.82) is 0 Å². The predicted molar refractivity (Wildman–Crippen MR) is 127 cm³/mol. The SMILES string of the molecule is COc1ccccc1N1CCN(C(=O)c2cn3cc(-c4ccccc4Cl)ccc3n2)CC1. The molecular weight excluding hydrogens is 424 g/mol. The van der Waals surface area contributed by atoms with Crippen LogP contribution in [0.2, 0.25) is 5.02 Å². The Balaban J connectivity index is 1.33. The Hall–Kier alpha value is -3.51. The molecule has 0 radical (unpaired) electrons. The summed E-state index contributed by atoms with van der Waals surface area (Å²) in [6, 6.07) is 19.6. The van der Waals surface area contributed by atoms with Crippen molar-refractivity contribution in [2.45, 2.75) is 0 Å². The lowest BCUT2D eigenvalue weighted by atomic mass is 10.1. The van der Waals surface area contributed by atoms with Crippen LogP contribution in [0.3, 0.4) is 0 Å². The van der Waals surface area contributed by atoms with Crippen molar-refractivity contribution in [2.75, 3.05) is 38.2 Å². The quantitative estimate of drug-likeness (QED) is 0.458. The van der Waals surface area contributed by atoms with Crippen molar-refractivity contribution in [1.82, 2.24) is 14.3 Å². The number of imidazole rings is 1. The summed E-state index contributed by atoms with van der Waals surface area (Å²) in [6.07, 6.45) is 3.75. The second kappa shape index (κ2) is 8.55. The number of rotatable bonds is 4. The topological polar surface area (TPSA) is 50.1 Å². The van der Waals surface area contributed by atoms with Crippen LogP contribution in [0, 0.1) is 0 Å². The lowest BCUT2D eigenvalue weighted by molar-refractivity contribution is 0.0741. The van der Waals surface area contributed by atoms with Gasteiger partial charge >= 0.3 is 0 Å². The van der Waals surface area contributed by atoms with Crippen LogP contribution in [0.4, 0.5) is 5.69 Å². The molecule has 0 aliphatic carbocycles. The first-order chi connectivity index (χ1) is 15.6. The molecule has 0 spiro atoms. The summed E-state index contributed by atoms with van der Waals surface area (Å²) in [6.45, 7) is 2.76. The zero-order chi connectivity index (χ0) is 22.1. The van der Waals surface area contributed by atoms with Crippen LogP contribution in [0.5, 0.6) is 5.75 Å². The van der Waals surface area contributed by atoms with Crippen molar-refractivity contribution >= 4 is 28.8 Å². The summed E-state index contributed by atoms with van der Waals surface area (Å²) in [5, 5.41) is 0.691. The van der Waals surface area contributed by atoms with E-state index in [1.165, 1.54) is 0 Å². The van der Waals surface area contributed by atoms with Gasteiger partial charge in [-0.3, -0.25) is 4.79 Å².